The standard InChI is InChI=1S/C15H23N5O2/c1-10(21)20-8-11-12(9-20)17-18-15(11)13-4-2-3-6-19(13)7-5-14(16)22/h13H,2-9H2,1H3,(H2,16,22)(H,17,18). The second kappa shape index (κ2) is 6.08. The molecule has 2 aliphatic rings. The number of carbonyl (C=O) groups excluding carboxylic acids is 2. The second-order valence-electron chi connectivity index (χ2n) is 6.20. The van der Waals surface area contributed by atoms with Crippen molar-refractivity contribution >= 4 is 11.8 Å². The van der Waals surface area contributed by atoms with Crippen LogP contribution in [0.3, 0.4) is 0 Å². The number of aromatic nitrogens is 2. The zero-order chi connectivity index (χ0) is 15.7. The molecule has 3 N–H and O–H groups in total. The largest absolute Gasteiger partial charge is 0.370 e. The third-order valence-electron chi connectivity index (χ3n) is 4.70. The molecule has 7 heteroatoms. The predicted octanol–water partition coefficient (Wildman–Crippen LogP) is 0.674. The lowest BCUT2D eigenvalue weighted by Gasteiger charge is -2.35. The molecule has 7 nitrogen and oxygen atoms in total. The van der Waals surface area contributed by atoms with Crippen molar-refractivity contribution in [2.24, 2.45) is 5.73 Å². The van der Waals surface area contributed by atoms with Gasteiger partial charge in [0.15, 0.2) is 0 Å². The van der Waals surface area contributed by atoms with Gasteiger partial charge in [-0.3, -0.25) is 19.6 Å². The van der Waals surface area contributed by atoms with Crippen LogP contribution in [0.5, 0.6) is 0 Å². The monoisotopic (exact) mass is 305 g/mol. The lowest BCUT2D eigenvalue weighted by Crippen LogP contribution is -2.36. The SMILES string of the molecule is CC(=O)N1Cc2[nH]nc(C3CCCCN3CCC(N)=O)c2C1. The van der Waals surface area contributed by atoms with Crippen LogP contribution < -0.4 is 5.73 Å². The Morgan fingerprint density at radius 2 is 2.18 bits per heavy atom. The molecule has 0 bridgehead atoms. The molecule has 0 aliphatic carbocycles. The van der Waals surface area contributed by atoms with Crippen LogP contribution in [0, 0.1) is 0 Å². The van der Waals surface area contributed by atoms with Crippen molar-refractivity contribution in [3.8, 4) is 0 Å². The van der Waals surface area contributed by atoms with Gasteiger partial charge in [0.1, 0.15) is 0 Å². The fourth-order valence-corrected chi connectivity index (χ4v) is 3.48. The first-order valence-electron chi connectivity index (χ1n) is 7.90. The van der Waals surface area contributed by atoms with Crippen LogP contribution in [0.15, 0.2) is 0 Å². The summed E-state index contributed by atoms with van der Waals surface area (Å²) in [5.41, 5.74) is 8.53. The highest BCUT2D eigenvalue weighted by molar-refractivity contribution is 5.74. The summed E-state index contributed by atoms with van der Waals surface area (Å²) in [6, 6.07) is 0.222. The molecular formula is C15H23N5O2. The van der Waals surface area contributed by atoms with E-state index in [1.807, 2.05) is 4.90 Å². The predicted molar refractivity (Wildman–Crippen MR) is 80.5 cm³/mol. The lowest BCUT2D eigenvalue weighted by molar-refractivity contribution is -0.129. The number of piperidine rings is 1. The molecule has 1 aromatic rings. The minimum atomic E-state index is -0.265. The summed E-state index contributed by atoms with van der Waals surface area (Å²) in [5, 5.41) is 7.60. The van der Waals surface area contributed by atoms with Gasteiger partial charge >= 0.3 is 0 Å². The molecule has 2 aliphatic heterocycles. The number of nitrogens with one attached hydrogen (secondary N) is 1. The zero-order valence-electron chi connectivity index (χ0n) is 13.0. The van der Waals surface area contributed by atoms with Gasteiger partial charge in [-0.15, -0.1) is 0 Å². The highest BCUT2D eigenvalue weighted by Gasteiger charge is 2.33. The van der Waals surface area contributed by atoms with Crippen LogP contribution >= 0.6 is 0 Å². The van der Waals surface area contributed by atoms with Crippen LogP contribution in [0.4, 0.5) is 0 Å². The number of aromatic amines is 1. The fourth-order valence-electron chi connectivity index (χ4n) is 3.48. The van der Waals surface area contributed by atoms with Crippen LogP contribution in [-0.4, -0.2) is 44.9 Å². The van der Waals surface area contributed by atoms with E-state index in [2.05, 4.69) is 15.1 Å². The molecule has 0 aromatic carbocycles. The number of nitrogens with zero attached hydrogens (tertiary/aromatic N) is 3. The van der Waals surface area contributed by atoms with E-state index >= 15 is 0 Å². The highest BCUT2D eigenvalue weighted by atomic mass is 16.2. The highest BCUT2D eigenvalue weighted by Crippen LogP contribution is 2.35. The van der Waals surface area contributed by atoms with E-state index in [4.69, 9.17) is 5.73 Å². The number of amides is 2. The third kappa shape index (κ3) is 2.85. The minimum absolute atomic E-state index is 0.0878. The lowest BCUT2D eigenvalue weighted by atomic mass is 9.96. The molecule has 2 amide bonds. The Morgan fingerprint density at radius 3 is 2.91 bits per heavy atom. The van der Waals surface area contributed by atoms with Crippen molar-refractivity contribution in [1.29, 1.82) is 0 Å². The topological polar surface area (TPSA) is 95.3 Å². The molecule has 1 aromatic heterocycles. The number of hydrogen-bond donors (Lipinski definition) is 2. The maximum absolute atomic E-state index is 11.6. The van der Waals surface area contributed by atoms with Crippen molar-refractivity contribution in [1.82, 2.24) is 20.0 Å². The summed E-state index contributed by atoms with van der Waals surface area (Å²) in [5.74, 6) is -0.177. The summed E-state index contributed by atoms with van der Waals surface area (Å²) in [6.07, 6.45) is 3.72. The number of fused-ring (bicyclic) bond motifs is 1. The molecule has 3 heterocycles. The minimum Gasteiger partial charge on any atom is -0.370 e. The van der Waals surface area contributed by atoms with Gasteiger partial charge < -0.3 is 10.6 Å². The first-order valence-corrected chi connectivity index (χ1v) is 7.90. The van der Waals surface area contributed by atoms with E-state index in [0.717, 1.165) is 42.8 Å². The Bertz CT molecular complexity index is 582. The fraction of sp³-hybridized carbons (Fsp3) is 0.667. The van der Waals surface area contributed by atoms with Gasteiger partial charge in [0.25, 0.3) is 0 Å². The Morgan fingerprint density at radius 1 is 1.36 bits per heavy atom. The second-order valence-corrected chi connectivity index (χ2v) is 6.20. The molecular weight excluding hydrogens is 282 g/mol. The quantitative estimate of drug-likeness (QED) is 0.855. The average molecular weight is 305 g/mol. The van der Waals surface area contributed by atoms with Crippen LogP contribution in [-0.2, 0) is 22.7 Å². The van der Waals surface area contributed by atoms with Crippen molar-refractivity contribution in [3.05, 3.63) is 17.0 Å². The van der Waals surface area contributed by atoms with Crippen molar-refractivity contribution in [2.75, 3.05) is 13.1 Å². The number of rotatable bonds is 4. The van der Waals surface area contributed by atoms with Gasteiger partial charge in [-0.05, 0) is 19.4 Å². The number of H-pyrrole nitrogens is 1. The summed E-state index contributed by atoms with van der Waals surface area (Å²) in [7, 11) is 0. The Kier molecular flexibility index (Phi) is 4.15. The van der Waals surface area contributed by atoms with Gasteiger partial charge in [-0.1, -0.05) is 6.42 Å². The summed E-state index contributed by atoms with van der Waals surface area (Å²) >= 11 is 0. The van der Waals surface area contributed by atoms with Crippen molar-refractivity contribution in [3.63, 3.8) is 0 Å². The van der Waals surface area contributed by atoms with Crippen LogP contribution in [0.1, 0.15) is 55.6 Å². The molecule has 0 radical (unpaired) electrons. The molecule has 1 atom stereocenters. The number of primary amides is 1. The van der Waals surface area contributed by atoms with Crippen molar-refractivity contribution in [2.45, 2.75) is 51.7 Å². The Balaban J connectivity index is 1.78. The van der Waals surface area contributed by atoms with Crippen LogP contribution in [0.2, 0.25) is 0 Å². The first kappa shape index (κ1) is 15.0. The molecule has 1 saturated heterocycles. The molecule has 22 heavy (non-hydrogen) atoms. The number of nitrogens with two attached hydrogens (primary N) is 1. The molecule has 1 fully saturated rings. The number of carbonyl (C=O) groups is 2. The van der Waals surface area contributed by atoms with Gasteiger partial charge in [0.05, 0.1) is 24.0 Å². The van der Waals surface area contributed by atoms with Crippen molar-refractivity contribution < 1.29 is 9.59 Å². The smallest absolute Gasteiger partial charge is 0.220 e. The van der Waals surface area contributed by atoms with E-state index in [9.17, 15) is 9.59 Å². The summed E-state index contributed by atoms with van der Waals surface area (Å²) in [6.45, 7) is 4.50. The van der Waals surface area contributed by atoms with E-state index in [0.29, 0.717) is 26.1 Å². The Hall–Kier alpha value is -1.89. The van der Waals surface area contributed by atoms with E-state index in [-0.39, 0.29) is 17.9 Å². The summed E-state index contributed by atoms with van der Waals surface area (Å²) in [4.78, 5) is 26.8. The summed E-state index contributed by atoms with van der Waals surface area (Å²) < 4.78 is 0. The average Bonchev–Trinajstić information content (AvgIpc) is 3.05. The Labute approximate surface area is 129 Å². The van der Waals surface area contributed by atoms with Gasteiger partial charge in [-0.25, -0.2) is 0 Å². The molecule has 0 saturated carbocycles. The maximum Gasteiger partial charge on any atom is 0.220 e. The van der Waals surface area contributed by atoms with E-state index in [1.165, 1.54) is 0 Å². The molecule has 1 unspecified atom stereocenters. The number of hydrogen-bond acceptors (Lipinski definition) is 4. The van der Waals surface area contributed by atoms with Gasteiger partial charge in [0, 0.05) is 32.0 Å². The van der Waals surface area contributed by atoms with Gasteiger partial charge in [0.2, 0.25) is 11.8 Å². The first-order chi connectivity index (χ1) is 10.6. The van der Waals surface area contributed by atoms with E-state index < -0.39 is 0 Å². The van der Waals surface area contributed by atoms with Crippen LogP contribution in [0.25, 0.3) is 0 Å². The van der Waals surface area contributed by atoms with E-state index in [1.54, 1.807) is 6.92 Å². The zero-order valence-corrected chi connectivity index (χ0v) is 13.0. The van der Waals surface area contributed by atoms with Gasteiger partial charge in [-0.2, -0.15) is 5.10 Å². The third-order valence-corrected chi connectivity index (χ3v) is 4.70. The normalized spacial score (nSPS) is 21.9. The molecule has 120 valence electrons. The molecule has 0 spiro atoms. The number of likely N-dealkylation sites (tertiary alicyclic amines) is 1. The molecule has 3 rings (SSSR count). The maximum atomic E-state index is 11.6.